The van der Waals surface area contributed by atoms with Gasteiger partial charge in [0.15, 0.2) is 0 Å². The predicted octanol–water partition coefficient (Wildman–Crippen LogP) is 2.14. The molecule has 0 saturated carbocycles. The highest BCUT2D eigenvalue weighted by molar-refractivity contribution is 8.00. The molecule has 0 heterocycles. The molecule has 0 aromatic heterocycles. The lowest BCUT2D eigenvalue weighted by Crippen LogP contribution is -2.46. The third-order valence-corrected chi connectivity index (χ3v) is 7.72. The maximum atomic E-state index is 11.9. The molecule has 0 fully saturated rings. The first-order chi connectivity index (χ1) is 12.5. The van der Waals surface area contributed by atoms with Crippen LogP contribution in [0.15, 0.2) is 0 Å². The highest BCUT2D eigenvalue weighted by atomic mass is 32.2. The minimum absolute atomic E-state index is 0.0566. The largest absolute Gasteiger partial charge is 0.500 e. The molecule has 7 nitrogen and oxygen atoms in total. The van der Waals surface area contributed by atoms with Gasteiger partial charge in [-0.25, -0.2) is 0 Å². The van der Waals surface area contributed by atoms with Gasteiger partial charge in [0.05, 0.1) is 11.5 Å². The van der Waals surface area contributed by atoms with Crippen LogP contribution in [0.3, 0.4) is 0 Å². The number of carbonyl (C=O) groups excluding carboxylic acids is 2. The van der Waals surface area contributed by atoms with Gasteiger partial charge in [-0.05, 0) is 41.0 Å². The zero-order valence-electron chi connectivity index (χ0n) is 17.0. The first-order valence-corrected chi connectivity index (χ1v) is 12.6. The van der Waals surface area contributed by atoms with Crippen LogP contribution in [-0.4, -0.2) is 76.5 Å². The molecule has 0 rings (SSSR count). The normalized spacial score (nSPS) is 11.4. The number of nitrogens with one attached hydrogen (secondary N) is 1. The van der Waals surface area contributed by atoms with E-state index < -0.39 is 8.80 Å². The molecule has 0 atom stereocenters. The number of hydrogen-bond acceptors (Lipinski definition) is 6. The van der Waals surface area contributed by atoms with Gasteiger partial charge in [-0.1, -0.05) is 0 Å². The average molecular weight is 409 g/mol. The summed E-state index contributed by atoms with van der Waals surface area (Å²) >= 11 is 1.35. The van der Waals surface area contributed by atoms with Crippen LogP contribution in [0.5, 0.6) is 0 Å². The number of hydrogen-bond donors (Lipinski definition) is 1. The molecule has 0 bridgehead atoms. The van der Waals surface area contributed by atoms with Gasteiger partial charge in [0.25, 0.3) is 0 Å². The van der Waals surface area contributed by atoms with Gasteiger partial charge in [-0.15, -0.1) is 11.8 Å². The fraction of sp³-hybridized carbons (Fsp3) is 0.882. The van der Waals surface area contributed by atoms with Crippen molar-refractivity contribution in [1.82, 2.24) is 10.2 Å². The van der Waals surface area contributed by atoms with Crippen LogP contribution >= 0.6 is 11.8 Å². The summed E-state index contributed by atoms with van der Waals surface area (Å²) in [6.45, 7) is 13.3. The molecule has 26 heavy (non-hydrogen) atoms. The van der Waals surface area contributed by atoms with Gasteiger partial charge >= 0.3 is 8.80 Å². The standard InChI is InChI=1S/C17H36N2O5SSi/c1-6-19(7-2)17(21)15-25-14-16(20)18-12-11-13-26(22-8-3,23-9-4)24-10-5/h6-15H2,1-5H3,(H,18,20). The minimum Gasteiger partial charge on any atom is -0.374 e. The lowest BCUT2D eigenvalue weighted by atomic mass is 10.5. The topological polar surface area (TPSA) is 77.1 Å². The van der Waals surface area contributed by atoms with Crippen molar-refractivity contribution in [3.8, 4) is 0 Å². The minimum atomic E-state index is -2.64. The van der Waals surface area contributed by atoms with Crippen molar-refractivity contribution in [1.29, 1.82) is 0 Å². The number of thioether (sulfide) groups is 1. The third kappa shape index (κ3) is 10.5. The van der Waals surface area contributed by atoms with Crippen molar-refractivity contribution in [3.63, 3.8) is 0 Å². The van der Waals surface area contributed by atoms with E-state index in [1.54, 1.807) is 4.90 Å². The third-order valence-electron chi connectivity index (χ3n) is 3.65. The Balaban J connectivity index is 4.10. The average Bonchev–Trinajstić information content (AvgIpc) is 2.60. The molecule has 1 N–H and O–H groups in total. The molecule has 0 aromatic carbocycles. The molecule has 0 spiro atoms. The Kier molecular flexibility index (Phi) is 15.1. The second kappa shape index (κ2) is 15.4. The smallest absolute Gasteiger partial charge is 0.374 e. The Morgan fingerprint density at radius 2 is 1.46 bits per heavy atom. The molecule has 154 valence electrons. The maximum absolute atomic E-state index is 11.9. The van der Waals surface area contributed by atoms with E-state index in [1.165, 1.54) is 11.8 Å². The van der Waals surface area contributed by atoms with Crippen molar-refractivity contribution < 1.29 is 22.9 Å². The lowest BCUT2D eigenvalue weighted by molar-refractivity contribution is -0.127. The van der Waals surface area contributed by atoms with Crippen LogP contribution in [0.1, 0.15) is 41.0 Å². The Hall–Kier alpha value is -0.613. The van der Waals surface area contributed by atoms with Gasteiger partial charge in [-0.3, -0.25) is 9.59 Å². The summed E-state index contributed by atoms with van der Waals surface area (Å²) in [6, 6.07) is 0.677. The first-order valence-electron chi connectivity index (χ1n) is 9.52. The Morgan fingerprint density at radius 1 is 0.923 bits per heavy atom. The fourth-order valence-corrected chi connectivity index (χ4v) is 5.84. The van der Waals surface area contributed by atoms with E-state index in [-0.39, 0.29) is 17.6 Å². The maximum Gasteiger partial charge on any atom is 0.500 e. The first kappa shape index (κ1) is 25.4. The number of carbonyl (C=O) groups is 2. The zero-order chi connectivity index (χ0) is 19.8. The molecule has 0 aromatic rings. The predicted molar refractivity (Wildman–Crippen MR) is 108 cm³/mol. The SMILES string of the molecule is CCO[Si](CCCNC(=O)CSCC(=O)N(CC)CC)(OCC)OCC. The number of rotatable bonds is 16. The monoisotopic (exact) mass is 408 g/mol. The van der Waals surface area contributed by atoms with Crippen molar-refractivity contribution in [2.75, 3.05) is 51.0 Å². The Morgan fingerprint density at radius 3 is 1.92 bits per heavy atom. The summed E-state index contributed by atoms with van der Waals surface area (Å²) in [5.41, 5.74) is 0. The van der Waals surface area contributed by atoms with Crippen LogP contribution in [-0.2, 0) is 22.9 Å². The molecule has 0 radical (unpaired) electrons. The summed E-state index contributed by atoms with van der Waals surface area (Å²) in [7, 11) is -2.64. The Bertz CT molecular complexity index is 380. The molecule has 0 aliphatic heterocycles. The van der Waals surface area contributed by atoms with Gasteiger partial charge in [0.1, 0.15) is 0 Å². The molecule has 0 saturated heterocycles. The molecule has 9 heteroatoms. The lowest BCUT2D eigenvalue weighted by Gasteiger charge is -2.28. The van der Waals surface area contributed by atoms with Gasteiger partial charge in [0.2, 0.25) is 11.8 Å². The van der Waals surface area contributed by atoms with Crippen LogP contribution in [0.4, 0.5) is 0 Å². The van der Waals surface area contributed by atoms with Crippen LogP contribution in [0, 0.1) is 0 Å². The van der Waals surface area contributed by atoms with Crippen molar-refractivity contribution >= 4 is 32.4 Å². The van der Waals surface area contributed by atoms with Crippen LogP contribution < -0.4 is 5.32 Å². The highest BCUT2D eigenvalue weighted by Crippen LogP contribution is 2.17. The van der Waals surface area contributed by atoms with Crippen LogP contribution in [0.25, 0.3) is 0 Å². The van der Waals surface area contributed by atoms with E-state index in [0.29, 0.717) is 51.3 Å². The number of nitrogens with zero attached hydrogens (tertiary/aromatic N) is 1. The highest BCUT2D eigenvalue weighted by Gasteiger charge is 2.39. The van der Waals surface area contributed by atoms with Gasteiger partial charge in [-0.2, -0.15) is 0 Å². The van der Waals surface area contributed by atoms with E-state index in [9.17, 15) is 9.59 Å². The van der Waals surface area contributed by atoms with E-state index in [4.69, 9.17) is 13.3 Å². The van der Waals surface area contributed by atoms with Crippen molar-refractivity contribution in [3.05, 3.63) is 0 Å². The second-order valence-corrected chi connectivity index (χ2v) is 9.21. The van der Waals surface area contributed by atoms with Crippen molar-refractivity contribution in [2.24, 2.45) is 0 Å². The van der Waals surface area contributed by atoms with Gasteiger partial charge < -0.3 is 23.5 Å². The number of amides is 2. The summed E-state index contributed by atoms with van der Waals surface area (Å²) in [5, 5.41) is 2.88. The molecule has 2 amide bonds. The molecular weight excluding hydrogens is 372 g/mol. The quantitative estimate of drug-likeness (QED) is 0.311. The zero-order valence-corrected chi connectivity index (χ0v) is 18.8. The fourth-order valence-electron chi connectivity index (χ4n) is 2.48. The van der Waals surface area contributed by atoms with Crippen LogP contribution in [0.2, 0.25) is 6.04 Å². The summed E-state index contributed by atoms with van der Waals surface area (Å²) in [6.07, 6.45) is 0.737. The van der Waals surface area contributed by atoms with E-state index >= 15 is 0 Å². The van der Waals surface area contributed by atoms with Crippen molar-refractivity contribution in [2.45, 2.75) is 47.1 Å². The molecule has 0 unspecified atom stereocenters. The van der Waals surface area contributed by atoms with E-state index in [2.05, 4.69) is 5.32 Å². The summed E-state index contributed by atoms with van der Waals surface area (Å²) in [4.78, 5) is 25.5. The summed E-state index contributed by atoms with van der Waals surface area (Å²) < 4.78 is 17.4. The van der Waals surface area contributed by atoms with E-state index in [1.807, 2.05) is 34.6 Å². The second-order valence-electron chi connectivity index (χ2n) is 5.49. The molecule has 0 aliphatic rings. The molecular formula is C17H36N2O5SSi. The summed E-state index contributed by atoms with van der Waals surface area (Å²) in [5.74, 6) is 0.648. The molecule has 0 aliphatic carbocycles. The van der Waals surface area contributed by atoms with E-state index in [0.717, 1.165) is 6.42 Å². The van der Waals surface area contributed by atoms with Gasteiger partial charge in [0, 0.05) is 45.5 Å². The Labute approximate surface area is 163 Å².